The first-order chi connectivity index (χ1) is 9.37. The molecule has 0 spiro atoms. The molecule has 1 amide bonds. The van der Waals surface area contributed by atoms with Gasteiger partial charge < -0.3 is 15.5 Å². The van der Waals surface area contributed by atoms with Crippen molar-refractivity contribution in [1.29, 1.82) is 0 Å². The van der Waals surface area contributed by atoms with Crippen molar-refractivity contribution in [2.45, 2.75) is 32.9 Å². The van der Waals surface area contributed by atoms with Gasteiger partial charge in [0.15, 0.2) is 5.41 Å². The van der Waals surface area contributed by atoms with Crippen LogP contribution in [0.5, 0.6) is 0 Å². The highest BCUT2D eigenvalue weighted by Crippen LogP contribution is 2.43. The molecule has 2 N–H and O–H groups in total. The van der Waals surface area contributed by atoms with Crippen LogP contribution in [-0.2, 0) is 4.79 Å². The van der Waals surface area contributed by atoms with E-state index in [4.69, 9.17) is 0 Å². The fourth-order valence-corrected chi connectivity index (χ4v) is 2.47. The molecule has 0 saturated carbocycles. The lowest BCUT2D eigenvalue weighted by atomic mass is 9.85. The zero-order valence-electron chi connectivity index (χ0n) is 12.1. The van der Waals surface area contributed by atoms with Gasteiger partial charge >= 0.3 is 6.18 Å². The Kier molecular flexibility index (Phi) is 6.26. The zero-order chi connectivity index (χ0) is 15.2. The van der Waals surface area contributed by atoms with Gasteiger partial charge in [-0.2, -0.15) is 13.2 Å². The largest absolute Gasteiger partial charge is 0.404 e. The van der Waals surface area contributed by atoms with Crippen LogP contribution in [0.2, 0.25) is 0 Å². The molecule has 1 fully saturated rings. The summed E-state index contributed by atoms with van der Waals surface area (Å²) in [7, 11) is 0. The van der Waals surface area contributed by atoms with Crippen LogP contribution in [-0.4, -0.2) is 56.3 Å². The lowest BCUT2D eigenvalue weighted by Crippen LogP contribution is -2.52. The fourth-order valence-electron chi connectivity index (χ4n) is 2.47. The van der Waals surface area contributed by atoms with E-state index in [-0.39, 0.29) is 26.1 Å². The number of hydrogen-bond donors (Lipinski definition) is 2. The van der Waals surface area contributed by atoms with E-state index in [2.05, 4.69) is 15.5 Å². The van der Waals surface area contributed by atoms with E-state index in [9.17, 15) is 18.0 Å². The van der Waals surface area contributed by atoms with Gasteiger partial charge in [0.25, 0.3) is 0 Å². The average Bonchev–Trinajstić information content (AvgIpc) is 2.89. The van der Waals surface area contributed by atoms with Gasteiger partial charge in [-0.25, -0.2) is 0 Å². The highest BCUT2D eigenvalue weighted by Gasteiger charge is 2.61. The second-order valence-corrected chi connectivity index (χ2v) is 5.14. The van der Waals surface area contributed by atoms with E-state index in [1.54, 1.807) is 0 Å². The van der Waals surface area contributed by atoms with Crippen molar-refractivity contribution in [1.82, 2.24) is 15.5 Å². The van der Waals surface area contributed by atoms with Crippen molar-refractivity contribution < 1.29 is 18.0 Å². The molecule has 0 aliphatic carbocycles. The van der Waals surface area contributed by atoms with Crippen LogP contribution in [0, 0.1) is 5.41 Å². The van der Waals surface area contributed by atoms with Crippen LogP contribution in [0.4, 0.5) is 13.2 Å². The molecule has 0 radical (unpaired) electrons. The first kappa shape index (κ1) is 17.2. The predicted octanol–water partition coefficient (Wildman–Crippen LogP) is 1.38. The van der Waals surface area contributed by atoms with Crippen LogP contribution in [0.25, 0.3) is 0 Å². The quantitative estimate of drug-likeness (QED) is 0.697. The van der Waals surface area contributed by atoms with Crippen molar-refractivity contribution in [2.24, 2.45) is 5.41 Å². The Bertz CT molecular complexity index is 310. The maximum absolute atomic E-state index is 13.1. The van der Waals surface area contributed by atoms with E-state index in [1.165, 1.54) is 0 Å². The van der Waals surface area contributed by atoms with Crippen LogP contribution >= 0.6 is 0 Å². The number of nitrogens with zero attached hydrogens (tertiary/aromatic N) is 1. The minimum absolute atomic E-state index is 0.182. The predicted molar refractivity (Wildman–Crippen MR) is 71.4 cm³/mol. The van der Waals surface area contributed by atoms with Gasteiger partial charge in [-0.15, -0.1) is 0 Å². The fraction of sp³-hybridized carbons (Fsp3) is 0.923. The van der Waals surface area contributed by atoms with Crippen molar-refractivity contribution in [2.75, 3.05) is 39.3 Å². The van der Waals surface area contributed by atoms with Gasteiger partial charge in [-0.05, 0) is 39.0 Å². The van der Waals surface area contributed by atoms with Gasteiger partial charge in [0.05, 0.1) is 0 Å². The van der Waals surface area contributed by atoms with Gasteiger partial charge in [-0.3, -0.25) is 4.79 Å². The number of carbonyl (C=O) groups excluding carboxylic acids is 1. The Morgan fingerprint density at radius 3 is 2.45 bits per heavy atom. The van der Waals surface area contributed by atoms with Crippen LogP contribution in [0.3, 0.4) is 0 Å². The van der Waals surface area contributed by atoms with Crippen LogP contribution < -0.4 is 10.6 Å². The maximum atomic E-state index is 13.1. The molecule has 1 saturated heterocycles. The third-order valence-corrected chi connectivity index (χ3v) is 3.96. The van der Waals surface area contributed by atoms with E-state index < -0.39 is 17.5 Å². The number of amides is 1. The maximum Gasteiger partial charge on any atom is 0.404 e. The second kappa shape index (κ2) is 7.26. The Morgan fingerprint density at radius 2 is 2.00 bits per heavy atom. The first-order valence-electron chi connectivity index (χ1n) is 7.15. The molecule has 0 aromatic heterocycles. The van der Waals surface area contributed by atoms with Gasteiger partial charge in [0, 0.05) is 13.1 Å². The molecular weight excluding hydrogens is 271 g/mol. The number of rotatable bonds is 7. The normalized spacial score (nSPS) is 23.3. The molecule has 0 aromatic rings. The van der Waals surface area contributed by atoms with Gasteiger partial charge in [0.2, 0.25) is 5.91 Å². The lowest BCUT2D eigenvalue weighted by Gasteiger charge is -2.29. The molecule has 0 bridgehead atoms. The standard InChI is InChI=1S/C13H24F3N3O/c1-3-19(4-2)9-5-7-18-11(20)12(13(14,15)16)6-8-17-10-12/h17H,3-10H2,1-2H3,(H,18,20). The summed E-state index contributed by atoms with van der Waals surface area (Å²) in [6, 6.07) is 0. The zero-order valence-corrected chi connectivity index (χ0v) is 12.1. The molecule has 0 aromatic carbocycles. The van der Waals surface area contributed by atoms with Gasteiger partial charge in [-0.1, -0.05) is 13.8 Å². The number of alkyl halides is 3. The summed E-state index contributed by atoms with van der Waals surface area (Å²) in [5.74, 6) is -0.894. The van der Waals surface area contributed by atoms with E-state index >= 15 is 0 Å². The van der Waals surface area contributed by atoms with E-state index in [1.807, 2.05) is 13.8 Å². The third-order valence-electron chi connectivity index (χ3n) is 3.96. The van der Waals surface area contributed by atoms with Crippen molar-refractivity contribution in [3.63, 3.8) is 0 Å². The smallest absolute Gasteiger partial charge is 0.355 e. The molecule has 1 heterocycles. The van der Waals surface area contributed by atoms with Crippen molar-refractivity contribution in [3.05, 3.63) is 0 Å². The topological polar surface area (TPSA) is 44.4 Å². The average molecular weight is 295 g/mol. The summed E-state index contributed by atoms with van der Waals surface area (Å²) in [6.45, 7) is 6.85. The summed E-state index contributed by atoms with van der Waals surface area (Å²) in [5.41, 5.74) is -2.25. The van der Waals surface area contributed by atoms with E-state index in [0.29, 0.717) is 6.42 Å². The summed E-state index contributed by atoms with van der Waals surface area (Å²) >= 11 is 0. The molecule has 1 aliphatic rings. The molecular formula is C13H24F3N3O. The highest BCUT2D eigenvalue weighted by atomic mass is 19.4. The number of carbonyl (C=O) groups is 1. The molecule has 1 rings (SSSR count). The number of nitrogens with one attached hydrogen (secondary N) is 2. The van der Waals surface area contributed by atoms with Crippen LogP contribution in [0.1, 0.15) is 26.7 Å². The molecule has 118 valence electrons. The minimum atomic E-state index is -4.50. The van der Waals surface area contributed by atoms with Gasteiger partial charge in [0.1, 0.15) is 0 Å². The highest BCUT2D eigenvalue weighted by molar-refractivity contribution is 5.84. The SMILES string of the molecule is CCN(CC)CCCNC(=O)C1(C(F)(F)F)CCNC1. The van der Waals surface area contributed by atoms with Crippen molar-refractivity contribution in [3.8, 4) is 0 Å². The molecule has 1 unspecified atom stereocenters. The summed E-state index contributed by atoms with van der Waals surface area (Å²) in [4.78, 5) is 14.1. The first-order valence-corrected chi connectivity index (χ1v) is 7.15. The Balaban J connectivity index is 2.45. The molecule has 1 aliphatic heterocycles. The summed E-state index contributed by atoms with van der Waals surface area (Å²) < 4.78 is 39.3. The van der Waals surface area contributed by atoms with Crippen LogP contribution in [0.15, 0.2) is 0 Å². The molecule has 7 heteroatoms. The lowest BCUT2D eigenvalue weighted by molar-refractivity contribution is -0.216. The minimum Gasteiger partial charge on any atom is -0.355 e. The molecule has 1 atom stereocenters. The molecule has 20 heavy (non-hydrogen) atoms. The Labute approximate surface area is 118 Å². The van der Waals surface area contributed by atoms with E-state index in [0.717, 1.165) is 19.6 Å². The second-order valence-electron chi connectivity index (χ2n) is 5.14. The summed E-state index contributed by atoms with van der Waals surface area (Å²) in [6.07, 6.45) is -4.02. The third kappa shape index (κ3) is 3.85. The Morgan fingerprint density at radius 1 is 1.35 bits per heavy atom. The monoisotopic (exact) mass is 295 g/mol. The number of hydrogen-bond acceptors (Lipinski definition) is 3. The number of halogens is 3. The van der Waals surface area contributed by atoms with Crippen molar-refractivity contribution >= 4 is 5.91 Å². The Hall–Kier alpha value is -0.820. The molecule has 4 nitrogen and oxygen atoms in total. The summed E-state index contributed by atoms with van der Waals surface area (Å²) in [5, 5.41) is 5.09.